The molecule has 6 rings (SSSR count). The highest BCUT2D eigenvalue weighted by Gasteiger charge is 2.16. The molecule has 0 saturated heterocycles. The van der Waals surface area contributed by atoms with Gasteiger partial charge < -0.3 is 0 Å². The molecule has 1 N–H and O–H groups in total. The molecule has 0 fully saturated rings. The lowest BCUT2D eigenvalue weighted by molar-refractivity contribution is 0.881. The Morgan fingerprint density at radius 2 is 1.03 bits per heavy atom. The van der Waals surface area contributed by atoms with Crippen molar-refractivity contribution < 1.29 is 0 Å². The van der Waals surface area contributed by atoms with Crippen molar-refractivity contribution in [3.05, 3.63) is 124 Å². The highest BCUT2D eigenvalue weighted by atomic mass is 35.5. The number of aromatic amines is 1. The SMILES string of the molecule is Cc1ccc(-c2cc(-c3nn[nH]n3)cc(-c3ccc(C)cc3-c3cccc(Cl)c3)c2)c(-c2cccc(Cl)c2)c1. The summed E-state index contributed by atoms with van der Waals surface area (Å²) in [5.74, 6) is 0.533. The molecule has 190 valence electrons. The van der Waals surface area contributed by atoms with E-state index in [1.165, 1.54) is 11.1 Å². The number of rotatable bonds is 5. The number of benzene rings is 5. The van der Waals surface area contributed by atoms with Gasteiger partial charge in [0.25, 0.3) is 0 Å². The monoisotopic (exact) mass is 546 g/mol. The fraction of sp³-hybridized carbons (Fsp3) is 0.0606. The van der Waals surface area contributed by atoms with E-state index in [2.05, 4.69) is 101 Å². The third-order valence-corrected chi connectivity index (χ3v) is 7.25. The molecule has 4 nitrogen and oxygen atoms in total. The Hall–Kier alpha value is -4.25. The maximum Gasteiger partial charge on any atom is 0.204 e. The third kappa shape index (κ3) is 5.22. The second-order valence-corrected chi connectivity index (χ2v) is 10.5. The molecule has 0 unspecified atom stereocenters. The summed E-state index contributed by atoms with van der Waals surface area (Å²) in [6.07, 6.45) is 0. The zero-order chi connectivity index (χ0) is 26.9. The standard InChI is InChI=1S/C33H24Cl2N4/c1-20-9-11-29(31(13-20)22-5-3-7-27(34)18-22)24-15-25(17-26(16-24)33-36-38-39-37-33)30-12-10-21(2)14-32(30)23-6-4-8-28(35)19-23/h3-19H,1-2H3,(H,36,37,38,39). The van der Waals surface area contributed by atoms with Crippen LogP contribution in [0, 0.1) is 13.8 Å². The first-order chi connectivity index (χ1) is 18.9. The van der Waals surface area contributed by atoms with Crippen LogP contribution in [-0.2, 0) is 0 Å². The lowest BCUT2D eigenvalue weighted by atomic mass is 9.88. The number of nitrogens with zero attached hydrogens (tertiary/aromatic N) is 3. The quantitative estimate of drug-likeness (QED) is 0.234. The first-order valence-corrected chi connectivity index (χ1v) is 13.3. The smallest absolute Gasteiger partial charge is 0.177 e. The Morgan fingerprint density at radius 3 is 1.49 bits per heavy atom. The predicted octanol–water partition coefficient (Wildman–Crippen LogP) is 9.46. The van der Waals surface area contributed by atoms with Crippen LogP contribution >= 0.6 is 23.2 Å². The summed E-state index contributed by atoms with van der Waals surface area (Å²) in [6, 6.07) is 35.4. The van der Waals surface area contributed by atoms with Crippen molar-refractivity contribution in [3.8, 4) is 55.9 Å². The van der Waals surface area contributed by atoms with Crippen LogP contribution < -0.4 is 0 Å². The van der Waals surface area contributed by atoms with Crippen molar-refractivity contribution in [1.29, 1.82) is 0 Å². The van der Waals surface area contributed by atoms with Gasteiger partial charge in [-0.1, -0.05) is 95.0 Å². The van der Waals surface area contributed by atoms with Gasteiger partial charge in [-0.05, 0) is 106 Å². The Labute approximate surface area is 237 Å². The Bertz CT molecular complexity index is 1700. The predicted molar refractivity (Wildman–Crippen MR) is 161 cm³/mol. The van der Waals surface area contributed by atoms with Crippen molar-refractivity contribution in [2.24, 2.45) is 0 Å². The van der Waals surface area contributed by atoms with Crippen LogP contribution in [0.5, 0.6) is 0 Å². The molecule has 6 heteroatoms. The number of H-pyrrole nitrogens is 1. The van der Waals surface area contributed by atoms with Crippen molar-refractivity contribution in [3.63, 3.8) is 0 Å². The van der Waals surface area contributed by atoms with Crippen LogP contribution in [0.15, 0.2) is 103 Å². The molecule has 1 heterocycles. The van der Waals surface area contributed by atoms with Gasteiger partial charge in [0.1, 0.15) is 0 Å². The molecule has 0 aliphatic rings. The summed E-state index contributed by atoms with van der Waals surface area (Å²) in [7, 11) is 0. The summed E-state index contributed by atoms with van der Waals surface area (Å²) < 4.78 is 0. The van der Waals surface area contributed by atoms with Crippen molar-refractivity contribution in [2.45, 2.75) is 13.8 Å². The molecule has 6 aromatic rings. The first-order valence-electron chi connectivity index (χ1n) is 12.6. The van der Waals surface area contributed by atoms with Gasteiger partial charge in [-0.15, -0.1) is 10.2 Å². The van der Waals surface area contributed by atoms with Gasteiger partial charge in [0.05, 0.1) is 0 Å². The van der Waals surface area contributed by atoms with Crippen LogP contribution in [0.2, 0.25) is 10.0 Å². The van der Waals surface area contributed by atoms with Crippen molar-refractivity contribution in [1.82, 2.24) is 20.6 Å². The van der Waals surface area contributed by atoms with Gasteiger partial charge in [-0.25, -0.2) is 0 Å². The number of hydrogen-bond donors (Lipinski definition) is 1. The zero-order valence-electron chi connectivity index (χ0n) is 21.4. The maximum absolute atomic E-state index is 6.39. The molecule has 5 aromatic carbocycles. The summed E-state index contributed by atoms with van der Waals surface area (Å²) in [4.78, 5) is 0. The van der Waals surface area contributed by atoms with Crippen molar-refractivity contribution in [2.75, 3.05) is 0 Å². The zero-order valence-corrected chi connectivity index (χ0v) is 22.9. The minimum Gasteiger partial charge on any atom is -0.177 e. The largest absolute Gasteiger partial charge is 0.204 e. The third-order valence-electron chi connectivity index (χ3n) is 6.78. The van der Waals surface area contributed by atoms with Crippen molar-refractivity contribution >= 4 is 23.2 Å². The minimum absolute atomic E-state index is 0.533. The second-order valence-electron chi connectivity index (χ2n) is 9.65. The highest BCUT2D eigenvalue weighted by Crippen LogP contribution is 2.40. The van der Waals surface area contributed by atoms with E-state index in [-0.39, 0.29) is 0 Å². The van der Waals surface area contributed by atoms with E-state index in [1.54, 1.807) is 0 Å². The van der Waals surface area contributed by atoms with Crippen LogP contribution in [-0.4, -0.2) is 20.6 Å². The van der Waals surface area contributed by atoms with Gasteiger partial charge in [-0.2, -0.15) is 5.21 Å². The van der Waals surface area contributed by atoms with E-state index < -0.39 is 0 Å². The Kier molecular flexibility index (Phi) is 6.74. The maximum atomic E-state index is 6.39. The molecule has 0 radical (unpaired) electrons. The van der Waals surface area contributed by atoms with Crippen LogP contribution in [0.3, 0.4) is 0 Å². The summed E-state index contributed by atoms with van der Waals surface area (Å²) >= 11 is 12.8. The molecular formula is C33H24Cl2N4. The van der Waals surface area contributed by atoms with E-state index in [9.17, 15) is 0 Å². The average molecular weight is 547 g/mol. The Morgan fingerprint density at radius 1 is 0.513 bits per heavy atom. The molecular weight excluding hydrogens is 523 g/mol. The molecule has 0 amide bonds. The number of tetrazole rings is 1. The molecule has 0 saturated carbocycles. The summed E-state index contributed by atoms with van der Waals surface area (Å²) in [5.41, 5.74) is 11.8. The van der Waals surface area contributed by atoms with Gasteiger partial charge in [0, 0.05) is 15.6 Å². The lowest BCUT2D eigenvalue weighted by Crippen LogP contribution is -1.92. The number of halogens is 2. The van der Waals surface area contributed by atoms with E-state index in [1.807, 2.05) is 36.4 Å². The second kappa shape index (κ2) is 10.5. The highest BCUT2D eigenvalue weighted by molar-refractivity contribution is 6.31. The molecule has 0 aliphatic heterocycles. The molecule has 0 aliphatic carbocycles. The molecule has 0 bridgehead atoms. The van der Waals surface area contributed by atoms with Gasteiger partial charge in [0.2, 0.25) is 5.82 Å². The molecule has 0 atom stereocenters. The minimum atomic E-state index is 0.533. The van der Waals surface area contributed by atoms with Crippen LogP contribution in [0.4, 0.5) is 0 Å². The van der Waals surface area contributed by atoms with Gasteiger partial charge >= 0.3 is 0 Å². The average Bonchev–Trinajstić information content (AvgIpc) is 3.48. The van der Waals surface area contributed by atoms with Gasteiger partial charge in [0.15, 0.2) is 0 Å². The number of aromatic nitrogens is 4. The summed E-state index contributed by atoms with van der Waals surface area (Å²) in [5, 5.41) is 16.4. The van der Waals surface area contributed by atoms with E-state index in [0.717, 1.165) is 50.1 Å². The van der Waals surface area contributed by atoms with Crippen LogP contribution in [0.1, 0.15) is 11.1 Å². The number of aryl methyl sites for hydroxylation is 2. The lowest BCUT2D eigenvalue weighted by Gasteiger charge is -2.17. The summed E-state index contributed by atoms with van der Waals surface area (Å²) in [6.45, 7) is 4.20. The van der Waals surface area contributed by atoms with E-state index in [0.29, 0.717) is 15.9 Å². The fourth-order valence-electron chi connectivity index (χ4n) is 4.96. The normalized spacial score (nSPS) is 11.1. The van der Waals surface area contributed by atoms with E-state index >= 15 is 0 Å². The fourth-order valence-corrected chi connectivity index (χ4v) is 5.34. The van der Waals surface area contributed by atoms with Gasteiger partial charge in [-0.3, -0.25) is 0 Å². The topological polar surface area (TPSA) is 54.5 Å². The van der Waals surface area contributed by atoms with Crippen LogP contribution in [0.25, 0.3) is 55.9 Å². The Balaban J connectivity index is 1.61. The number of hydrogen-bond acceptors (Lipinski definition) is 3. The number of nitrogens with one attached hydrogen (secondary N) is 1. The van der Waals surface area contributed by atoms with E-state index in [4.69, 9.17) is 23.2 Å². The molecule has 39 heavy (non-hydrogen) atoms. The molecule has 1 aromatic heterocycles. The first kappa shape index (κ1) is 25.1. The molecule has 0 spiro atoms.